The maximum atomic E-state index is 11.9. The molecule has 2 fully saturated rings. The zero-order chi connectivity index (χ0) is 34.1. The summed E-state index contributed by atoms with van der Waals surface area (Å²) in [5.74, 6) is 0.436. The van der Waals surface area contributed by atoms with Crippen molar-refractivity contribution in [2.45, 2.75) is 95.5 Å². The monoisotopic (exact) mass is 690 g/mol. The number of carbonyl (C=O) groups excluding carboxylic acids is 2. The lowest BCUT2D eigenvalue weighted by molar-refractivity contribution is -0.128. The Kier molecular flexibility index (Phi) is 13.2. The Bertz CT molecular complexity index is 1340. The predicted octanol–water partition coefficient (Wildman–Crippen LogP) is 3.48. The van der Waals surface area contributed by atoms with Gasteiger partial charge in [-0.1, -0.05) is 0 Å². The SMILES string of the molecule is CO[C@H](C[C@H]1CCc2sc3ncnc(O[C@H]4CC[C@H](N5CCN(CCOCCOCCNC(=O)OC(C)(C)C)CC5)CC4)c3c21)C(N)=O. The standard InChI is InChI=1S/C34H54N6O7S/c1-34(2,3)47-33(42)36-11-17-44-19-20-45-18-16-39-12-14-40(15-13-39)24-6-8-25(9-7-24)46-31-29-28-23(21-26(43-4)30(35)41)5-10-27(28)48-32(29)38-22-37-31/h22-26H,5-21H2,1-4H3,(H2,35,41)(H,36,42)/t23-,24-,25-,26-/m1/s1. The number of nitrogens with one attached hydrogen (secondary N) is 1. The quantitative estimate of drug-likeness (QED) is 0.249. The van der Waals surface area contributed by atoms with E-state index in [1.807, 2.05) is 20.8 Å². The molecular weight excluding hydrogens is 636 g/mol. The molecule has 3 N–H and O–H groups in total. The molecule has 268 valence electrons. The average Bonchev–Trinajstić information content (AvgIpc) is 3.62. The van der Waals surface area contributed by atoms with Crippen molar-refractivity contribution in [1.82, 2.24) is 25.1 Å². The van der Waals surface area contributed by atoms with E-state index in [9.17, 15) is 9.59 Å². The number of aryl methyl sites for hydroxylation is 1. The normalized spacial score (nSPS) is 22.8. The van der Waals surface area contributed by atoms with Gasteiger partial charge in [-0.2, -0.15) is 0 Å². The minimum absolute atomic E-state index is 0.135. The molecule has 1 saturated carbocycles. The van der Waals surface area contributed by atoms with Gasteiger partial charge in [0.05, 0.1) is 31.8 Å². The topological polar surface area (TPSA) is 151 Å². The number of thiophene rings is 1. The number of methoxy groups -OCH3 is 1. The van der Waals surface area contributed by atoms with Crippen LogP contribution in [0.1, 0.15) is 75.7 Å². The molecule has 0 spiro atoms. The fraction of sp³-hybridized carbons (Fsp3) is 0.765. The minimum Gasteiger partial charge on any atom is -0.474 e. The van der Waals surface area contributed by atoms with Crippen LogP contribution in [0.25, 0.3) is 10.2 Å². The maximum Gasteiger partial charge on any atom is 0.407 e. The number of amides is 2. The van der Waals surface area contributed by atoms with Gasteiger partial charge in [-0.25, -0.2) is 14.8 Å². The van der Waals surface area contributed by atoms with Gasteiger partial charge < -0.3 is 34.7 Å². The molecule has 5 rings (SSSR count). The Balaban J connectivity index is 0.974. The highest BCUT2D eigenvalue weighted by molar-refractivity contribution is 7.19. The Morgan fingerprint density at radius 3 is 2.44 bits per heavy atom. The summed E-state index contributed by atoms with van der Waals surface area (Å²) in [5, 5.41) is 3.70. The first-order valence-corrected chi connectivity index (χ1v) is 18.3. The molecule has 0 unspecified atom stereocenters. The molecule has 0 aromatic carbocycles. The van der Waals surface area contributed by atoms with Crippen LogP contribution in [-0.4, -0.2) is 128 Å². The first-order valence-electron chi connectivity index (χ1n) is 17.4. The number of hydrogen-bond donors (Lipinski definition) is 2. The van der Waals surface area contributed by atoms with Gasteiger partial charge in [0.1, 0.15) is 29.0 Å². The van der Waals surface area contributed by atoms with Gasteiger partial charge in [-0.3, -0.25) is 14.6 Å². The zero-order valence-corrected chi connectivity index (χ0v) is 29.9. The number of rotatable bonds is 16. The van der Waals surface area contributed by atoms with Crippen LogP contribution < -0.4 is 15.8 Å². The first-order chi connectivity index (χ1) is 23.1. The van der Waals surface area contributed by atoms with E-state index in [1.54, 1.807) is 24.8 Å². The molecule has 2 aromatic heterocycles. The molecule has 3 heterocycles. The fourth-order valence-electron chi connectivity index (χ4n) is 7.05. The molecule has 48 heavy (non-hydrogen) atoms. The molecular formula is C34H54N6O7S. The summed E-state index contributed by atoms with van der Waals surface area (Å²) < 4.78 is 28.5. The third kappa shape index (κ3) is 10.2. The number of piperazine rings is 1. The van der Waals surface area contributed by atoms with Crippen LogP contribution in [0.3, 0.4) is 0 Å². The average molecular weight is 691 g/mol. The van der Waals surface area contributed by atoms with Crippen molar-refractivity contribution in [2.24, 2.45) is 5.73 Å². The molecule has 0 bridgehead atoms. The van der Waals surface area contributed by atoms with Crippen molar-refractivity contribution in [3.8, 4) is 5.88 Å². The summed E-state index contributed by atoms with van der Waals surface area (Å²) >= 11 is 1.71. The summed E-state index contributed by atoms with van der Waals surface area (Å²) in [6.45, 7) is 13.2. The van der Waals surface area contributed by atoms with Gasteiger partial charge >= 0.3 is 6.09 Å². The number of alkyl carbamates (subject to hydrolysis) is 1. The molecule has 3 aliphatic rings. The Labute approximate surface area is 288 Å². The van der Waals surface area contributed by atoms with Crippen molar-refractivity contribution in [2.75, 3.05) is 72.8 Å². The summed E-state index contributed by atoms with van der Waals surface area (Å²) in [7, 11) is 1.54. The van der Waals surface area contributed by atoms with Crippen molar-refractivity contribution >= 4 is 33.6 Å². The van der Waals surface area contributed by atoms with Crippen molar-refractivity contribution < 1.29 is 33.3 Å². The predicted molar refractivity (Wildman–Crippen MR) is 184 cm³/mol. The van der Waals surface area contributed by atoms with Crippen LogP contribution in [-0.2, 0) is 30.2 Å². The lowest BCUT2D eigenvalue weighted by atomic mass is 9.91. The van der Waals surface area contributed by atoms with Crippen LogP contribution in [0.2, 0.25) is 0 Å². The number of nitrogens with two attached hydrogens (primary N) is 1. The van der Waals surface area contributed by atoms with E-state index >= 15 is 0 Å². The molecule has 2 aliphatic carbocycles. The highest BCUT2D eigenvalue weighted by Gasteiger charge is 2.34. The molecule has 2 amide bonds. The second-order valence-electron chi connectivity index (χ2n) is 14.0. The highest BCUT2D eigenvalue weighted by atomic mass is 32.1. The Hall–Kier alpha value is -2.62. The number of ether oxygens (including phenoxy) is 5. The van der Waals surface area contributed by atoms with Crippen molar-refractivity contribution in [3.05, 3.63) is 16.8 Å². The van der Waals surface area contributed by atoms with E-state index in [0.717, 1.165) is 81.5 Å². The number of aromatic nitrogens is 2. The summed E-state index contributed by atoms with van der Waals surface area (Å²) in [6, 6.07) is 0.588. The number of hydrogen-bond acceptors (Lipinski definition) is 12. The molecule has 2 aromatic rings. The Morgan fingerprint density at radius 1 is 1.02 bits per heavy atom. The largest absolute Gasteiger partial charge is 0.474 e. The molecule has 0 radical (unpaired) electrons. The van der Waals surface area contributed by atoms with Crippen molar-refractivity contribution in [1.29, 1.82) is 0 Å². The van der Waals surface area contributed by atoms with Crippen LogP contribution in [0.5, 0.6) is 5.88 Å². The summed E-state index contributed by atoms with van der Waals surface area (Å²) in [6.07, 6.45) is 7.47. The van der Waals surface area contributed by atoms with Crippen LogP contribution >= 0.6 is 11.3 Å². The number of fused-ring (bicyclic) bond motifs is 3. The number of primary amides is 1. The van der Waals surface area contributed by atoms with E-state index in [-0.39, 0.29) is 12.0 Å². The number of nitrogens with zero attached hydrogens (tertiary/aromatic N) is 4. The van der Waals surface area contributed by atoms with E-state index in [2.05, 4.69) is 25.1 Å². The van der Waals surface area contributed by atoms with E-state index in [4.69, 9.17) is 29.4 Å². The third-order valence-corrected chi connectivity index (χ3v) is 10.7. The zero-order valence-electron chi connectivity index (χ0n) is 29.0. The second kappa shape index (κ2) is 17.3. The van der Waals surface area contributed by atoms with Crippen LogP contribution in [0, 0.1) is 0 Å². The molecule has 2 atom stereocenters. The van der Waals surface area contributed by atoms with E-state index in [1.165, 1.54) is 10.4 Å². The van der Waals surface area contributed by atoms with Gasteiger partial charge in [0.15, 0.2) is 0 Å². The minimum atomic E-state index is -0.603. The van der Waals surface area contributed by atoms with Crippen LogP contribution in [0.15, 0.2) is 6.33 Å². The van der Waals surface area contributed by atoms with Gasteiger partial charge in [0.25, 0.3) is 0 Å². The molecule has 1 aliphatic heterocycles. The fourth-order valence-corrected chi connectivity index (χ4v) is 8.28. The molecule has 14 heteroatoms. The second-order valence-corrected chi connectivity index (χ2v) is 15.1. The highest BCUT2D eigenvalue weighted by Crippen LogP contribution is 2.48. The molecule has 1 saturated heterocycles. The lowest BCUT2D eigenvalue weighted by Gasteiger charge is -2.41. The van der Waals surface area contributed by atoms with Gasteiger partial charge in [-0.15, -0.1) is 11.3 Å². The Morgan fingerprint density at radius 2 is 1.75 bits per heavy atom. The summed E-state index contributed by atoms with van der Waals surface area (Å²) in [5.41, 5.74) is 6.31. The van der Waals surface area contributed by atoms with E-state index in [0.29, 0.717) is 51.3 Å². The van der Waals surface area contributed by atoms with Gasteiger partial charge in [0, 0.05) is 57.3 Å². The molecule has 13 nitrogen and oxygen atoms in total. The maximum absolute atomic E-state index is 11.9. The summed E-state index contributed by atoms with van der Waals surface area (Å²) in [4.78, 5) is 40.1. The van der Waals surface area contributed by atoms with Crippen molar-refractivity contribution in [3.63, 3.8) is 0 Å². The van der Waals surface area contributed by atoms with Gasteiger partial charge in [0.2, 0.25) is 11.8 Å². The smallest absolute Gasteiger partial charge is 0.407 e. The third-order valence-electron chi connectivity index (χ3n) is 9.48. The van der Waals surface area contributed by atoms with Gasteiger partial charge in [-0.05, 0) is 77.2 Å². The first kappa shape index (κ1) is 36.7. The van der Waals surface area contributed by atoms with Crippen LogP contribution in [0.4, 0.5) is 4.79 Å². The lowest BCUT2D eigenvalue weighted by Crippen LogP contribution is -2.52. The number of carbonyl (C=O) groups is 2. The van der Waals surface area contributed by atoms with E-state index < -0.39 is 23.7 Å².